The lowest BCUT2D eigenvalue weighted by molar-refractivity contribution is -0.387. The van der Waals surface area contributed by atoms with Crippen molar-refractivity contribution in [1.29, 1.82) is 0 Å². The van der Waals surface area contributed by atoms with Crippen LogP contribution in [0.5, 0.6) is 0 Å². The highest BCUT2D eigenvalue weighted by atomic mass is 32.2. The largest absolute Gasteiger partial charge is 0.468 e. The summed E-state index contributed by atoms with van der Waals surface area (Å²) in [4.78, 5) is 22.1. The number of sulfonamides is 1. The van der Waals surface area contributed by atoms with Gasteiger partial charge in [-0.15, -0.1) is 0 Å². The van der Waals surface area contributed by atoms with Gasteiger partial charge >= 0.3 is 5.69 Å². The van der Waals surface area contributed by atoms with Crippen LogP contribution in [0.3, 0.4) is 0 Å². The Bertz CT molecular complexity index is 1140. The maximum absolute atomic E-state index is 13.4. The Balaban J connectivity index is 1.70. The van der Waals surface area contributed by atoms with Gasteiger partial charge < -0.3 is 9.73 Å². The highest BCUT2D eigenvalue weighted by Crippen LogP contribution is 2.22. The molecular formula is C18H14FN3O6S. The monoisotopic (exact) mass is 419 g/mol. The van der Waals surface area contributed by atoms with Gasteiger partial charge in [0.15, 0.2) is 0 Å². The van der Waals surface area contributed by atoms with Gasteiger partial charge in [-0.05, 0) is 48.5 Å². The van der Waals surface area contributed by atoms with Crippen LogP contribution in [0.4, 0.5) is 15.8 Å². The van der Waals surface area contributed by atoms with Crippen LogP contribution in [0.1, 0.15) is 16.1 Å². The summed E-state index contributed by atoms with van der Waals surface area (Å²) in [5, 5.41) is 13.2. The molecule has 1 heterocycles. The second-order valence-corrected chi connectivity index (χ2v) is 7.57. The van der Waals surface area contributed by atoms with Gasteiger partial charge in [0.25, 0.3) is 5.91 Å². The Morgan fingerprint density at radius 3 is 2.48 bits per heavy atom. The summed E-state index contributed by atoms with van der Waals surface area (Å²) >= 11 is 0. The van der Waals surface area contributed by atoms with E-state index in [4.69, 9.17) is 4.42 Å². The number of carbonyl (C=O) groups is 1. The Hall–Kier alpha value is -3.57. The number of furan rings is 1. The molecule has 0 atom stereocenters. The molecule has 3 rings (SSSR count). The van der Waals surface area contributed by atoms with Crippen molar-refractivity contribution in [2.24, 2.45) is 0 Å². The van der Waals surface area contributed by atoms with E-state index in [1.807, 2.05) is 0 Å². The van der Waals surface area contributed by atoms with Crippen LogP contribution < -0.4 is 10.0 Å². The molecule has 29 heavy (non-hydrogen) atoms. The van der Waals surface area contributed by atoms with E-state index in [-0.39, 0.29) is 22.7 Å². The van der Waals surface area contributed by atoms with Crippen molar-refractivity contribution in [3.63, 3.8) is 0 Å². The fraction of sp³-hybridized carbons (Fsp3) is 0.0556. The van der Waals surface area contributed by atoms with Crippen molar-refractivity contribution >= 4 is 27.3 Å². The summed E-state index contributed by atoms with van der Waals surface area (Å²) in [6.45, 7) is -0.0269. The molecule has 3 aromatic rings. The van der Waals surface area contributed by atoms with E-state index < -0.39 is 32.4 Å². The zero-order valence-corrected chi connectivity index (χ0v) is 15.5. The predicted molar refractivity (Wildman–Crippen MR) is 100 cm³/mol. The standard InChI is InChI=1S/C18H14FN3O6S/c19-16-8-5-13(10-17(16)22(24)25)21-18(23)12-3-6-15(7-4-12)29(26,27)20-11-14-2-1-9-28-14/h1-10,20H,11H2,(H,21,23). The number of hydrogen-bond acceptors (Lipinski definition) is 6. The first-order chi connectivity index (χ1) is 13.8. The van der Waals surface area contributed by atoms with Crippen molar-refractivity contribution in [3.8, 4) is 0 Å². The van der Waals surface area contributed by atoms with Crippen LogP contribution in [-0.2, 0) is 16.6 Å². The second kappa shape index (κ2) is 8.20. The molecule has 11 heteroatoms. The second-order valence-electron chi connectivity index (χ2n) is 5.81. The molecule has 0 fully saturated rings. The van der Waals surface area contributed by atoms with Gasteiger partial charge in [0, 0.05) is 17.3 Å². The average molecular weight is 419 g/mol. The topological polar surface area (TPSA) is 132 Å². The fourth-order valence-corrected chi connectivity index (χ4v) is 3.38. The van der Waals surface area contributed by atoms with Crippen LogP contribution in [0.2, 0.25) is 0 Å². The molecule has 1 amide bonds. The van der Waals surface area contributed by atoms with Crippen molar-refractivity contribution in [2.75, 3.05) is 5.32 Å². The molecule has 0 spiro atoms. The normalized spacial score (nSPS) is 11.2. The molecule has 2 aromatic carbocycles. The first kappa shape index (κ1) is 20.2. The number of nitrogens with one attached hydrogen (secondary N) is 2. The van der Waals surface area contributed by atoms with Crippen LogP contribution in [0, 0.1) is 15.9 Å². The molecular weight excluding hydrogens is 405 g/mol. The number of anilines is 1. The lowest BCUT2D eigenvalue weighted by Gasteiger charge is -2.08. The zero-order chi connectivity index (χ0) is 21.0. The minimum Gasteiger partial charge on any atom is -0.468 e. The minimum absolute atomic E-state index is 0.0269. The smallest absolute Gasteiger partial charge is 0.306 e. The van der Waals surface area contributed by atoms with Gasteiger partial charge in [-0.1, -0.05) is 0 Å². The Labute approximate surface area is 164 Å². The number of hydrogen-bond donors (Lipinski definition) is 2. The summed E-state index contributed by atoms with van der Waals surface area (Å²) in [7, 11) is -3.82. The van der Waals surface area contributed by atoms with Gasteiger partial charge in [0.05, 0.1) is 22.6 Å². The van der Waals surface area contributed by atoms with Gasteiger partial charge in [0.1, 0.15) is 5.76 Å². The average Bonchev–Trinajstić information content (AvgIpc) is 3.21. The molecule has 0 saturated heterocycles. The molecule has 2 N–H and O–H groups in total. The fourth-order valence-electron chi connectivity index (χ4n) is 2.38. The maximum Gasteiger partial charge on any atom is 0.306 e. The number of nitro benzene ring substituents is 1. The lowest BCUT2D eigenvalue weighted by Crippen LogP contribution is -2.23. The summed E-state index contributed by atoms with van der Waals surface area (Å²) in [5.74, 6) is -1.22. The quantitative estimate of drug-likeness (QED) is 0.447. The maximum atomic E-state index is 13.4. The van der Waals surface area contributed by atoms with E-state index in [0.29, 0.717) is 5.76 Å². The Kier molecular flexibility index (Phi) is 5.71. The van der Waals surface area contributed by atoms with Crippen molar-refractivity contribution in [3.05, 3.63) is 88.1 Å². The van der Waals surface area contributed by atoms with Crippen LogP contribution in [-0.4, -0.2) is 19.2 Å². The number of amides is 1. The van der Waals surface area contributed by atoms with Gasteiger partial charge in [0.2, 0.25) is 15.8 Å². The third-order valence-electron chi connectivity index (χ3n) is 3.84. The highest BCUT2D eigenvalue weighted by molar-refractivity contribution is 7.89. The molecule has 0 bridgehead atoms. The van der Waals surface area contributed by atoms with E-state index in [2.05, 4.69) is 10.0 Å². The molecule has 0 aliphatic carbocycles. The lowest BCUT2D eigenvalue weighted by atomic mass is 10.2. The first-order valence-corrected chi connectivity index (χ1v) is 9.62. The van der Waals surface area contributed by atoms with Gasteiger partial charge in [-0.3, -0.25) is 14.9 Å². The highest BCUT2D eigenvalue weighted by Gasteiger charge is 2.17. The number of rotatable bonds is 7. The third kappa shape index (κ3) is 4.83. The van der Waals surface area contributed by atoms with Gasteiger partial charge in [-0.25, -0.2) is 13.1 Å². The summed E-state index contributed by atoms with van der Waals surface area (Å²) in [5.41, 5.74) is -0.631. The molecule has 0 aliphatic rings. The van der Waals surface area contributed by atoms with Crippen LogP contribution in [0.15, 0.2) is 70.2 Å². The predicted octanol–water partition coefficient (Wildman–Crippen LogP) is 3.06. The Morgan fingerprint density at radius 2 is 1.86 bits per heavy atom. The molecule has 0 aliphatic heterocycles. The minimum atomic E-state index is -3.82. The van der Waals surface area contributed by atoms with Gasteiger partial charge in [-0.2, -0.15) is 4.39 Å². The third-order valence-corrected chi connectivity index (χ3v) is 5.26. The van der Waals surface area contributed by atoms with E-state index in [0.717, 1.165) is 12.1 Å². The number of nitrogens with zero attached hydrogens (tertiary/aromatic N) is 1. The van der Waals surface area contributed by atoms with E-state index in [1.165, 1.54) is 36.6 Å². The molecule has 0 saturated carbocycles. The first-order valence-electron chi connectivity index (χ1n) is 8.14. The summed E-state index contributed by atoms with van der Waals surface area (Å²) in [6, 6.07) is 11.3. The summed E-state index contributed by atoms with van der Waals surface area (Å²) in [6.07, 6.45) is 1.42. The molecule has 0 unspecified atom stereocenters. The number of benzene rings is 2. The molecule has 1 aromatic heterocycles. The van der Waals surface area contributed by atoms with Crippen LogP contribution >= 0.6 is 0 Å². The Morgan fingerprint density at radius 1 is 1.14 bits per heavy atom. The van der Waals surface area contributed by atoms with E-state index in [1.54, 1.807) is 12.1 Å². The van der Waals surface area contributed by atoms with Crippen molar-refractivity contribution in [1.82, 2.24) is 4.72 Å². The molecule has 150 valence electrons. The van der Waals surface area contributed by atoms with Crippen LogP contribution in [0.25, 0.3) is 0 Å². The molecule has 9 nitrogen and oxygen atoms in total. The SMILES string of the molecule is O=C(Nc1ccc(F)c([N+](=O)[O-])c1)c1ccc(S(=O)(=O)NCc2ccco2)cc1. The molecule has 0 radical (unpaired) electrons. The zero-order valence-electron chi connectivity index (χ0n) is 14.7. The van der Waals surface area contributed by atoms with E-state index >= 15 is 0 Å². The summed E-state index contributed by atoms with van der Waals surface area (Å²) < 4.78 is 45.4. The van der Waals surface area contributed by atoms with Crippen molar-refractivity contribution < 1.29 is 26.9 Å². The van der Waals surface area contributed by atoms with Crippen molar-refractivity contribution in [2.45, 2.75) is 11.4 Å². The van der Waals surface area contributed by atoms with E-state index in [9.17, 15) is 27.7 Å². The number of carbonyl (C=O) groups excluding carboxylic acids is 1. The number of halogens is 1. The number of nitro groups is 1.